The predicted molar refractivity (Wildman–Crippen MR) is 196 cm³/mol. The Labute approximate surface area is 281 Å². The molecule has 7 rings (SSSR count). The average molecular weight is 660 g/mol. The van der Waals surface area contributed by atoms with Gasteiger partial charge < -0.3 is 0 Å². The van der Waals surface area contributed by atoms with E-state index < -0.39 is 15.8 Å². The van der Waals surface area contributed by atoms with E-state index in [2.05, 4.69) is 188 Å². The molecule has 0 saturated heterocycles. The largest absolute Gasteiger partial charge is 0.184 e. The second-order valence-electron chi connectivity index (χ2n) is 9.76. The Morgan fingerprint density at radius 3 is 0.556 bits per heavy atom. The van der Waals surface area contributed by atoms with Crippen LogP contribution in [0.15, 0.2) is 212 Å². The molecule has 224 valence electrons. The van der Waals surface area contributed by atoms with Crippen LogP contribution in [0.1, 0.15) is 0 Å². The van der Waals surface area contributed by atoms with E-state index in [1.165, 1.54) is 31.8 Å². The van der Waals surface area contributed by atoms with Crippen molar-refractivity contribution in [3.8, 4) is 0 Å². The third kappa shape index (κ3) is 10.5. The van der Waals surface area contributed by atoms with Crippen molar-refractivity contribution in [1.29, 1.82) is 0 Å². The van der Waals surface area contributed by atoms with Crippen molar-refractivity contribution in [2.75, 3.05) is 0 Å². The molecular formula is C42H35NiP2-. The van der Waals surface area contributed by atoms with Gasteiger partial charge in [0.1, 0.15) is 0 Å². The summed E-state index contributed by atoms with van der Waals surface area (Å²) in [5.74, 6) is 0. The maximum atomic E-state index is 2.89. The first kappa shape index (κ1) is 33.8. The Kier molecular flexibility index (Phi) is 14.5. The normalized spacial score (nSPS) is 10.0. The van der Waals surface area contributed by atoms with Crippen LogP contribution in [0.2, 0.25) is 0 Å². The van der Waals surface area contributed by atoms with Crippen LogP contribution in [0.4, 0.5) is 0 Å². The van der Waals surface area contributed by atoms with Crippen LogP contribution in [0, 0.1) is 6.07 Å². The molecule has 45 heavy (non-hydrogen) atoms. The van der Waals surface area contributed by atoms with Crippen LogP contribution >= 0.6 is 15.8 Å². The number of hydrogen-bond acceptors (Lipinski definition) is 0. The smallest absolute Gasteiger partial charge is 0 e. The third-order valence-corrected chi connectivity index (χ3v) is 11.6. The molecule has 7 aromatic rings. The second-order valence-corrected chi connectivity index (χ2v) is 14.2. The van der Waals surface area contributed by atoms with Gasteiger partial charge in [0.05, 0.1) is 0 Å². The van der Waals surface area contributed by atoms with Gasteiger partial charge in [0.15, 0.2) is 0 Å². The summed E-state index contributed by atoms with van der Waals surface area (Å²) in [7, 11) is -0.892. The van der Waals surface area contributed by atoms with Gasteiger partial charge in [-0.3, -0.25) is 0 Å². The molecule has 0 unspecified atom stereocenters. The minimum atomic E-state index is -0.446. The zero-order valence-corrected chi connectivity index (χ0v) is 27.7. The van der Waals surface area contributed by atoms with E-state index in [9.17, 15) is 0 Å². The monoisotopic (exact) mass is 659 g/mol. The summed E-state index contributed by atoms with van der Waals surface area (Å²) in [6.07, 6.45) is 0. The van der Waals surface area contributed by atoms with E-state index in [4.69, 9.17) is 0 Å². The van der Waals surface area contributed by atoms with Gasteiger partial charge in [-0.2, -0.15) is 36.4 Å². The van der Waals surface area contributed by atoms with Gasteiger partial charge in [-0.1, -0.05) is 182 Å². The van der Waals surface area contributed by atoms with E-state index in [1.807, 2.05) is 30.3 Å². The minimum Gasteiger partial charge on any atom is -0.184 e. The summed E-state index contributed by atoms with van der Waals surface area (Å²) in [5.41, 5.74) is 0. The van der Waals surface area contributed by atoms with Crippen molar-refractivity contribution in [1.82, 2.24) is 0 Å². The van der Waals surface area contributed by atoms with Gasteiger partial charge in [-0.15, -0.1) is 0 Å². The summed E-state index contributed by atoms with van der Waals surface area (Å²) in [5, 5.41) is 8.39. The molecule has 0 spiro atoms. The molecule has 0 amide bonds. The van der Waals surface area contributed by atoms with E-state index in [0.29, 0.717) is 0 Å². The zero-order chi connectivity index (χ0) is 30.1. The van der Waals surface area contributed by atoms with E-state index in [-0.39, 0.29) is 16.5 Å². The molecule has 0 heterocycles. The molecule has 0 aliphatic rings. The van der Waals surface area contributed by atoms with Crippen LogP contribution in [-0.4, -0.2) is 0 Å². The molecule has 0 atom stereocenters. The maximum Gasteiger partial charge on any atom is 0 e. The van der Waals surface area contributed by atoms with E-state index >= 15 is 0 Å². The summed E-state index contributed by atoms with van der Waals surface area (Å²) in [4.78, 5) is 0. The molecule has 7 aromatic carbocycles. The Morgan fingerprint density at radius 1 is 0.244 bits per heavy atom. The van der Waals surface area contributed by atoms with Crippen LogP contribution in [-0.2, 0) is 16.5 Å². The molecule has 0 bridgehead atoms. The third-order valence-electron chi connectivity index (χ3n) is 6.69. The summed E-state index contributed by atoms with van der Waals surface area (Å²) in [6.45, 7) is 0. The van der Waals surface area contributed by atoms with E-state index in [1.54, 1.807) is 0 Å². The second kappa shape index (κ2) is 19.3. The molecule has 0 aromatic heterocycles. The summed E-state index contributed by atoms with van der Waals surface area (Å²) >= 11 is 0. The quantitative estimate of drug-likeness (QED) is 0.0956. The van der Waals surface area contributed by atoms with Crippen molar-refractivity contribution < 1.29 is 16.5 Å². The molecule has 0 radical (unpaired) electrons. The number of rotatable bonds is 6. The maximum absolute atomic E-state index is 2.89. The topological polar surface area (TPSA) is 0 Å². The first-order valence-corrected chi connectivity index (χ1v) is 17.4. The minimum absolute atomic E-state index is 0. The summed E-state index contributed by atoms with van der Waals surface area (Å²) < 4.78 is 0. The van der Waals surface area contributed by atoms with Gasteiger partial charge in [0.25, 0.3) is 0 Å². The van der Waals surface area contributed by atoms with Gasteiger partial charge in [0.2, 0.25) is 0 Å². The molecule has 0 N–H and O–H groups in total. The zero-order valence-electron chi connectivity index (χ0n) is 24.9. The van der Waals surface area contributed by atoms with Gasteiger partial charge in [0, 0.05) is 16.5 Å². The fraction of sp³-hybridized carbons (Fsp3) is 0. The molecule has 0 nitrogen and oxygen atoms in total. The van der Waals surface area contributed by atoms with Crippen LogP contribution < -0.4 is 31.8 Å². The first-order valence-electron chi connectivity index (χ1n) is 14.7. The fourth-order valence-electron chi connectivity index (χ4n) is 4.70. The molecule has 3 heteroatoms. The summed E-state index contributed by atoms with van der Waals surface area (Å²) in [6, 6.07) is 77.2. The van der Waals surface area contributed by atoms with Crippen LogP contribution in [0.5, 0.6) is 0 Å². The molecular weight excluding hydrogens is 625 g/mol. The Balaban J connectivity index is 0.000000170. The number of benzene rings is 7. The number of hydrogen-bond donors (Lipinski definition) is 0. The predicted octanol–water partition coefficient (Wildman–Crippen LogP) is 8.37. The fourth-order valence-corrected chi connectivity index (χ4v) is 9.31. The Morgan fingerprint density at radius 2 is 0.422 bits per heavy atom. The van der Waals surface area contributed by atoms with E-state index in [0.717, 1.165) is 0 Å². The molecule has 0 fully saturated rings. The van der Waals surface area contributed by atoms with Crippen molar-refractivity contribution >= 4 is 47.7 Å². The van der Waals surface area contributed by atoms with Crippen LogP contribution in [0.25, 0.3) is 0 Å². The first-order chi connectivity index (χ1) is 21.9. The molecule has 0 aliphatic carbocycles. The molecule has 0 aliphatic heterocycles. The SMILES string of the molecule is [Ni].[c-]1ccccc1.c1ccc(P(c2ccccc2)c2ccccc2)cc1.c1ccc(P(c2ccccc2)c2ccccc2)cc1. The Hall–Kier alpha value is -4.11. The van der Waals surface area contributed by atoms with Crippen molar-refractivity contribution in [2.45, 2.75) is 0 Å². The van der Waals surface area contributed by atoms with Gasteiger partial charge >= 0.3 is 0 Å². The average Bonchev–Trinajstić information content (AvgIpc) is 3.13. The molecule has 0 saturated carbocycles. The van der Waals surface area contributed by atoms with Gasteiger partial charge in [-0.05, 0) is 47.7 Å². The standard InChI is InChI=1S/2C18H15P.C6H5.Ni/c2*1-4-10-16(11-5-1)19(17-12-6-2-7-13-17)18-14-8-3-9-15-18;1-2-4-6-5-3-1;/h2*1-15H;1-5H;/q;;-1;. The van der Waals surface area contributed by atoms with Gasteiger partial charge in [-0.25, -0.2) is 0 Å². The van der Waals surface area contributed by atoms with Crippen molar-refractivity contribution in [3.63, 3.8) is 0 Å². The van der Waals surface area contributed by atoms with Crippen LogP contribution in [0.3, 0.4) is 0 Å². The van der Waals surface area contributed by atoms with Crippen molar-refractivity contribution in [2.24, 2.45) is 0 Å². The Bertz CT molecular complexity index is 1390. The van der Waals surface area contributed by atoms with Crippen molar-refractivity contribution in [3.05, 3.63) is 218 Å².